The minimum absolute atomic E-state index is 0.265. The van der Waals surface area contributed by atoms with Crippen LogP contribution in [0, 0.1) is 0 Å². The predicted molar refractivity (Wildman–Crippen MR) is 108 cm³/mol. The second-order valence-corrected chi connectivity index (χ2v) is 6.01. The Balaban J connectivity index is 1.92. The van der Waals surface area contributed by atoms with Gasteiger partial charge >= 0.3 is 0 Å². The highest BCUT2D eigenvalue weighted by Crippen LogP contribution is 2.12. The first-order valence-corrected chi connectivity index (χ1v) is 9.22. The number of nitrogens with zero attached hydrogens (tertiary/aromatic N) is 1. The normalized spacial score (nSPS) is 11.3. The third-order valence-electron chi connectivity index (χ3n) is 3.94. The number of nitrogens with one attached hydrogen (secondary N) is 2. The average Bonchev–Trinajstić information content (AvgIpc) is 2.71. The van der Waals surface area contributed by atoms with E-state index in [0.29, 0.717) is 13.1 Å². The van der Waals surface area contributed by atoms with E-state index in [1.807, 2.05) is 43.3 Å². The van der Waals surface area contributed by atoms with Crippen molar-refractivity contribution in [1.82, 2.24) is 10.6 Å². The molecular weight excluding hydrogens is 342 g/mol. The number of aliphatic imine (C=N–C) groups is 1. The van der Waals surface area contributed by atoms with Crippen molar-refractivity contribution in [2.24, 2.45) is 4.99 Å². The minimum Gasteiger partial charge on any atom is -0.508 e. The lowest BCUT2D eigenvalue weighted by molar-refractivity contribution is 0.145. The van der Waals surface area contributed by atoms with Crippen molar-refractivity contribution in [3.8, 4) is 11.5 Å². The van der Waals surface area contributed by atoms with Gasteiger partial charge in [-0.2, -0.15) is 0 Å². The van der Waals surface area contributed by atoms with Crippen molar-refractivity contribution < 1.29 is 14.6 Å². The van der Waals surface area contributed by atoms with Gasteiger partial charge in [0.2, 0.25) is 0 Å². The van der Waals surface area contributed by atoms with E-state index >= 15 is 0 Å². The van der Waals surface area contributed by atoms with E-state index in [0.717, 1.165) is 49.0 Å². The first-order chi connectivity index (χ1) is 13.2. The maximum Gasteiger partial charge on any atom is 0.191 e. The van der Waals surface area contributed by atoms with Gasteiger partial charge in [0.05, 0.1) is 13.7 Å². The number of aromatic hydroxyl groups is 1. The van der Waals surface area contributed by atoms with Gasteiger partial charge in [0, 0.05) is 26.3 Å². The van der Waals surface area contributed by atoms with Gasteiger partial charge in [-0.05, 0) is 48.7 Å². The molecule has 6 heteroatoms. The molecule has 0 bridgehead atoms. The summed E-state index contributed by atoms with van der Waals surface area (Å²) in [5.41, 5.74) is 2.18. The van der Waals surface area contributed by atoms with Crippen LogP contribution in [0.1, 0.15) is 24.5 Å². The van der Waals surface area contributed by atoms with E-state index in [9.17, 15) is 5.11 Å². The summed E-state index contributed by atoms with van der Waals surface area (Å²) in [6, 6.07) is 15.0. The van der Waals surface area contributed by atoms with Crippen LogP contribution in [0.4, 0.5) is 0 Å². The molecule has 0 atom stereocenters. The summed E-state index contributed by atoms with van der Waals surface area (Å²) in [4.78, 5) is 4.66. The summed E-state index contributed by atoms with van der Waals surface area (Å²) in [7, 11) is 1.66. The SMILES string of the molecule is CCOCCCNC(=NCc1ccc(OC)cc1)NCc1ccc(O)cc1. The van der Waals surface area contributed by atoms with Crippen molar-refractivity contribution in [1.29, 1.82) is 0 Å². The van der Waals surface area contributed by atoms with Gasteiger partial charge in [-0.15, -0.1) is 0 Å². The number of guanidine groups is 1. The molecule has 3 N–H and O–H groups in total. The Morgan fingerprint density at radius 3 is 2.37 bits per heavy atom. The number of ether oxygens (including phenoxy) is 2. The number of phenolic OH excluding ortho intramolecular Hbond substituents is 1. The zero-order chi connectivity index (χ0) is 19.3. The van der Waals surface area contributed by atoms with Crippen molar-refractivity contribution in [3.63, 3.8) is 0 Å². The topological polar surface area (TPSA) is 75.1 Å². The zero-order valence-electron chi connectivity index (χ0n) is 16.1. The number of methoxy groups -OCH3 is 1. The maximum absolute atomic E-state index is 9.39. The third kappa shape index (κ3) is 8.00. The van der Waals surface area contributed by atoms with Crippen LogP contribution in [0.2, 0.25) is 0 Å². The largest absolute Gasteiger partial charge is 0.508 e. The summed E-state index contributed by atoms with van der Waals surface area (Å²) in [6.45, 7) is 5.43. The van der Waals surface area contributed by atoms with Crippen LogP contribution in [-0.2, 0) is 17.8 Å². The number of rotatable bonds is 10. The average molecular weight is 371 g/mol. The van der Waals surface area contributed by atoms with Crippen molar-refractivity contribution in [2.45, 2.75) is 26.4 Å². The van der Waals surface area contributed by atoms with Crippen LogP contribution < -0.4 is 15.4 Å². The Labute approximate surface area is 161 Å². The molecule has 0 aliphatic heterocycles. The van der Waals surface area contributed by atoms with E-state index in [1.54, 1.807) is 19.2 Å². The van der Waals surface area contributed by atoms with Crippen LogP contribution in [0.5, 0.6) is 11.5 Å². The summed E-state index contributed by atoms with van der Waals surface area (Å²) >= 11 is 0. The standard InChI is InChI=1S/C21H29N3O3/c1-3-27-14-4-13-22-21(23-15-17-5-9-19(25)10-6-17)24-16-18-7-11-20(26-2)12-8-18/h5-12,25H,3-4,13-16H2,1-2H3,(H2,22,23,24). The lowest BCUT2D eigenvalue weighted by Crippen LogP contribution is -2.37. The third-order valence-corrected chi connectivity index (χ3v) is 3.94. The van der Waals surface area contributed by atoms with E-state index in [4.69, 9.17) is 9.47 Å². The second-order valence-electron chi connectivity index (χ2n) is 6.01. The molecule has 0 fully saturated rings. The van der Waals surface area contributed by atoms with Crippen LogP contribution in [-0.4, -0.2) is 37.9 Å². The van der Waals surface area contributed by atoms with E-state index in [1.165, 1.54) is 0 Å². The van der Waals surface area contributed by atoms with E-state index < -0.39 is 0 Å². The van der Waals surface area contributed by atoms with Gasteiger partial charge < -0.3 is 25.2 Å². The number of hydrogen-bond donors (Lipinski definition) is 3. The quantitative estimate of drug-likeness (QED) is 0.340. The van der Waals surface area contributed by atoms with Crippen LogP contribution in [0.3, 0.4) is 0 Å². The molecule has 0 unspecified atom stereocenters. The number of phenols is 1. The smallest absolute Gasteiger partial charge is 0.191 e. The molecule has 0 spiro atoms. The second kappa shape index (κ2) is 11.8. The lowest BCUT2D eigenvalue weighted by atomic mass is 10.2. The van der Waals surface area contributed by atoms with Gasteiger partial charge in [0.15, 0.2) is 5.96 Å². The fraction of sp³-hybridized carbons (Fsp3) is 0.381. The van der Waals surface area contributed by atoms with Crippen LogP contribution >= 0.6 is 0 Å². The molecule has 0 aliphatic carbocycles. The molecule has 2 aromatic rings. The Morgan fingerprint density at radius 2 is 1.70 bits per heavy atom. The zero-order valence-corrected chi connectivity index (χ0v) is 16.1. The highest BCUT2D eigenvalue weighted by atomic mass is 16.5. The van der Waals surface area contributed by atoms with Crippen LogP contribution in [0.15, 0.2) is 53.5 Å². The maximum atomic E-state index is 9.39. The van der Waals surface area contributed by atoms with Crippen molar-refractivity contribution in [3.05, 3.63) is 59.7 Å². The summed E-state index contributed by atoms with van der Waals surface area (Å²) < 4.78 is 10.6. The van der Waals surface area contributed by atoms with Crippen molar-refractivity contribution in [2.75, 3.05) is 26.9 Å². The van der Waals surface area contributed by atoms with Gasteiger partial charge in [-0.1, -0.05) is 24.3 Å². The summed E-state index contributed by atoms with van der Waals surface area (Å²) in [6.07, 6.45) is 0.913. The molecular formula is C21H29N3O3. The molecule has 6 nitrogen and oxygen atoms in total. The highest BCUT2D eigenvalue weighted by molar-refractivity contribution is 5.79. The Morgan fingerprint density at radius 1 is 1.00 bits per heavy atom. The molecule has 2 rings (SSSR count). The Kier molecular flexibility index (Phi) is 9.00. The first kappa shape index (κ1) is 20.6. The minimum atomic E-state index is 0.265. The highest BCUT2D eigenvalue weighted by Gasteiger charge is 2.01. The number of benzene rings is 2. The molecule has 0 aliphatic rings. The molecule has 0 radical (unpaired) electrons. The summed E-state index contributed by atoms with van der Waals surface area (Å²) in [5.74, 6) is 1.85. The molecule has 2 aromatic carbocycles. The van der Waals surface area contributed by atoms with Gasteiger partial charge in [0.1, 0.15) is 11.5 Å². The molecule has 0 saturated heterocycles. The monoisotopic (exact) mass is 371 g/mol. The van der Waals surface area contributed by atoms with Gasteiger partial charge in [-0.3, -0.25) is 0 Å². The fourth-order valence-corrected chi connectivity index (χ4v) is 2.40. The molecule has 0 heterocycles. The lowest BCUT2D eigenvalue weighted by Gasteiger charge is -2.13. The first-order valence-electron chi connectivity index (χ1n) is 9.22. The molecule has 0 amide bonds. The molecule has 0 saturated carbocycles. The Hall–Kier alpha value is -2.73. The Bertz CT molecular complexity index is 685. The molecule has 146 valence electrons. The summed E-state index contributed by atoms with van der Waals surface area (Å²) in [5, 5.41) is 16.1. The molecule has 0 aromatic heterocycles. The fourth-order valence-electron chi connectivity index (χ4n) is 2.40. The van der Waals surface area contributed by atoms with Crippen molar-refractivity contribution >= 4 is 5.96 Å². The van der Waals surface area contributed by atoms with E-state index in [2.05, 4.69) is 15.6 Å². The van der Waals surface area contributed by atoms with Gasteiger partial charge in [-0.25, -0.2) is 4.99 Å². The predicted octanol–water partition coefficient (Wildman–Crippen LogP) is 3.06. The van der Waals surface area contributed by atoms with Gasteiger partial charge in [0.25, 0.3) is 0 Å². The number of hydrogen-bond acceptors (Lipinski definition) is 4. The van der Waals surface area contributed by atoms with E-state index in [-0.39, 0.29) is 5.75 Å². The van der Waals surface area contributed by atoms with Crippen LogP contribution in [0.25, 0.3) is 0 Å². The molecule has 27 heavy (non-hydrogen) atoms.